The average Bonchev–Trinajstić information content (AvgIpc) is 2.66. The van der Waals surface area contributed by atoms with E-state index in [-0.39, 0.29) is 17.9 Å². The third kappa shape index (κ3) is 4.31. The molecule has 0 aromatic heterocycles. The van der Waals surface area contributed by atoms with E-state index in [1.807, 2.05) is 32.0 Å². The first-order valence-electron chi connectivity index (χ1n) is 9.33. The van der Waals surface area contributed by atoms with Crippen LogP contribution in [0.3, 0.4) is 0 Å². The summed E-state index contributed by atoms with van der Waals surface area (Å²) < 4.78 is 0. The van der Waals surface area contributed by atoms with Crippen LogP contribution >= 0.6 is 0 Å². The zero-order valence-electron chi connectivity index (χ0n) is 15.5. The molecule has 0 spiro atoms. The van der Waals surface area contributed by atoms with E-state index < -0.39 is 0 Å². The molecular formula is C22H26N2O2. The van der Waals surface area contributed by atoms with E-state index in [4.69, 9.17) is 0 Å². The topological polar surface area (TPSA) is 58.2 Å². The van der Waals surface area contributed by atoms with Crippen molar-refractivity contribution in [3.63, 3.8) is 0 Å². The molecule has 3 rings (SSSR count). The van der Waals surface area contributed by atoms with Crippen molar-refractivity contribution < 1.29 is 9.59 Å². The highest BCUT2D eigenvalue weighted by molar-refractivity contribution is 6.05. The summed E-state index contributed by atoms with van der Waals surface area (Å²) in [6, 6.07) is 13.0. The maximum Gasteiger partial charge on any atom is 0.255 e. The second-order valence-electron chi connectivity index (χ2n) is 7.09. The van der Waals surface area contributed by atoms with Gasteiger partial charge in [0.15, 0.2) is 0 Å². The molecule has 0 radical (unpaired) electrons. The van der Waals surface area contributed by atoms with Crippen molar-refractivity contribution in [2.45, 2.75) is 52.0 Å². The Balaban J connectivity index is 1.63. The molecular weight excluding hydrogens is 324 g/mol. The van der Waals surface area contributed by atoms with Gasteiger partial charge in [-0.25, -0.2) is 0 Å². The molecule has 2 N–H and O–H groups in total. The van der Waals surface area contributed by atoms with Crippen molar-refractivity contribution in [2.24, 2.45) is 0 Å². The third-order valence-electron chi connectivity index (χ3n) is 5.20. The van der Waals surface area contributed by atoms with Crippen LogP contribution < -0.4 is 10.6 Å². The first kappa shape index (κ1) is 18.2. The van der Waals surface area contributed by atoms with E-state index >= 15 is 0 Å². The Morgan fingerprint density at radius 3 is 2.12 bits per heavy atom. The van der Waals surface area contributed by atoms with Gasteiger partial charge in [0.25, 0.3) is 11.8 Å². The number of benzene rings is 2. The fourth-order valence-corrected chi connectivity index (χ4v) is 3.37. The molecule has 0 saturated heterocycles. The molecule has 0 unspecified atom stereocenters. The summed E-state index contributed by atoms with van der Waals surface area (Å²) in [4.78, 5) is 24.8. The molecule has 0 atom stereocenters. The van der Waals surface area contributed by atoms with Crippen LogP contribution in [0.5, 0.6) is 0 Å². The summed E-state index contributed by atoms with van der Waals surface area (Å²) in [5.74, 6) is -0.226. The van der Waals surface area contributed by atoms with Gasteiger partial charge in [0, 0.05) is 22.9 Å². The van der Waals surface area contributed by atoms with Crippen molar-refractivity contribution in [2.75, 3.05) is 5.32 Å². The number of hydrogen-bond donors (Lipinski definition) is 2. The first-order chi connectivity index (χ1) is 12.5. The zero-order chi connectivity index (χ0) is 18.5. The van der Waals surface area contributed by atoms with Gasteiger partial charge in [-0.3, -0.25) is 9.59 Å². The molecule has 0 aliphatic heterocycles. The number of amides is 2. The van der Waals surface area contributed by atoms with Crippen molar-refractivity contribution in [3.8, 4) is 0 Å². The molecule has 4 heteroatoms. The second-order valence-corrected chi connectivity index (χ2v) is 7.09. The smallest absolute Gasteiger partial charge is 0.255 e. The fourth-order valence-electron chi connectivity index (χ4n) is 3.37. The number of aryl methyl sites for hydroxylation is 1. The van der Waals surface area contributed by atoms with E-state index in [0.29, 0.717) is 11.1 Å². The second kappa shape index (κ2) is 8.17. The van der Waals surface area contributed by atoms with Gasteiger partial charge in [-0.05, 0) is 68.1 Å². The third-order valence-corrected chi connectivity index (χ3v) is 5.20. The standard InChI is InChI=1S/C22H26N2O2/c1-15-7-6-10-20(16(15)2)24-22(26)18-13-11-17(12-14-18)21(25)23-19-8-4-3-5-9-19/h6-7,10-14,19H,3-5,8-9H2,1-2H3,(H,23,25)(H,24,26). The van der Waals surface area contributed by atoms with Gasteiger partial charge >= 0.3 is 0 Å². The van der Waals surface area contributed by atoms with Crippen LogP contribution in [0, 0.1) is 13.8 Å². The van der Waals surface area contributed by atoms with E-state index in [9.17, 15) is 9.59 Å². The molecule has 1 aliphatic carbocycles. The maximum absolute atomic E-state index is 12.5. The number of nitrogens with one attached hydrogen (secondary N) is 2. The van der Waals surface area contributed by atoms with Crippen molar-refractivity contribution in [1.29, 1.82) is 0 Å². The van der Waals surface area contributed by atoms with Crippen LogP contribution in [0.25, 0.3) is 0 Å². The largest absolute Gasteiger partial charge is 0.349 e. The van der Waals surface area contributed by atoms with Gasteiger partial charge in [-0.1, -0.05) is 31.4 Å². The van der Waals surface area contributed by atoms with Crippen LogP contribution in [0.15, 0.2) is 42.5 Å². The Bertz CT molecular complexity index is 790. The summed E-state index contributed by atoms with van der Waals surface area (Å²) in [5.41, 5.74) is 4.15. The summed E-state index contributed by atoms with van der Waals surface area (Å²) in [6.07, 6.45) is 5.74. The molecule has 0 heterocycles. The molecule has 2 aromatic carbocycles. The van der Waals surface area contributed by atoms with E-state index in [1.165, 1.54) is 19.3 Å². The normalized spacial score (nSPS) is 14.7. The number of carbonyl (C=O) groups is 2. The van der Waals surface area contributed by atoms with Crippen LogP contribution in [0.2, 0.25) is 0 Å². The van der Waals surface area contributed by atoms with Crippen LogP contribution in [0.1, 0.15) is 63.9 Å². The Kier molecular flexibility index (Phi) is 5.71. The van der Waals surface area contributed by atoms with Gasteiger partial charge in [0.1, 0.15) is 0 Å². The summed E-state index contributed by atoms with van der Waals surface area (Å²) in [7, 11) is 0. The maximum atomic E-state index is 12.5. The lowest BCUT2D eigenvalue weighted by molar-refractivity contribution is 0.0926. The SMILES string of the molecule is Cc1cccc(NC(=O)c2ccc(C(=O)NC3CCCCC3)cc2)c1C. The minimum absolute atomic E-state index is 0.0570. The summed E-state index contributed by atoms with van der Waals surface area (Å²) in [6.45, 7) is 4.01. The van der Waals surface area contributed by atoms with E-state index in [1.54, 1.807) is 24.3 Å². The highest BCUT2D eigenvalue weighted by Gasteiger charge is 2.17. The molecule has 1 fully saturated rings. The van der Waals surface area contributed by atoms with Crippen LogP contribution in [-0.2, 0) is 0 Å². The summed E-state index contributed by atoms with van der Waals surface area (Å²) in [5, 5.41) is 6.04. The Labute approximate surface area is 155 Å². The average molecular weight is 350 g/mol. The highest BCUT2D eigenvalue weighted by atomic mass is 16.2. The lowest BCUT2D eigenvalue weighted by Gasteiger charge is -2.22. The molecule has 1 saturated carbocycles. The molecule has 2 aromatic rings. The quantitative estimate of drug-likeness (QED) is 0.845. The van der Waals surface area contributed by atoms with Gasteiger partial charge in [-0.15, -0.1) is 0 Å². The highest BCUT2D eigenvalue weighted by Crippen LogP contribution is 2.20. The van der Waals surface area contributed by atoms with Gasteiger partial charge in [-0.2, -0.15) is 0 Å². The summed E-state index contributed by atoms with van der Waals surface area (Å²) >= 11 is 0. The molecule has 4 nitrogen and oxygen atoms in total. The molecule has 0 bridgehead atoms. The lowest BCUT2D eigenvalue weighted by atomic mass is 9.95. The van der Waals surface area contributed by atoms with Crippen LogP contribution in [-0.4, -0.2) is 17.9 Å². The van der Waals surface area contributed by atoms with Gasteiger partial charge in [0.05, 0.1) is 0 Å². The number of carbonyl (C=O) groups excluding carboxylic acids is 2. The number of hydrogen-bond acceptors (Lipinski definition) is 2. The minimum Gasteiger partial charge on any atom is -0.349 e. The van der Waals surface area contributed by atoms with Crippen molar-refractivity contribution in [1.82, 2.24) is 5.32 Å². The predicted molar refractivity (Wildman–Crippen MR) is 105 cm³/mol. The molecule has 2 amide bonds. The molecule has 1 aliphatic rings. The molecule has 26 heavy (non-hydrogen) atoms. The van der Waals surface area contributed by atoms with E-state index in [2.05, 4.69) is 10.6 Å². The number of rotatable bonds is 4. The van der Waals surface area contributed by atoms with Crippen molar-refractivity contribution in [3.05, 3.63) is 64.7 Å². The Morgan fingerprint density at radius 2 is 1.46 bits per heavy atom. The monoisotopic (exact) mass is 350 g/mol. The first-order valence-corrected chi connectivity index (χ1v) is 9.33. The fraction of sp³-hybridized carbons (Fsp3) is 0.364. The lowest BCUT2D eigenvalue weighted by Crippen LogP contribution is -2.36. The zero-order valence-corrected chi connectivity index (χ0v) is 15.5. The number of anilines is 1. The van der Waals surface area contributed by atoms with Crippen molar-refractivity contribution >= 4 is 17.5 Å². The van der Waals surface area contributed by atoms with Gasteiger partial charge in [0.2, 0.25) is 0 Å². The minimum atomic E-state index is -0.169. The van der Waals surface area contributed by atoms with Crippen LogP contribution in [0.4, 0.5) is 5.69 Å². The Hall–Kier alpha value is -2.62. The Morgan fingerprint density at radius 1 is 0.846 bits per heavy atom. The molecule has 136 valence electrons. The van der Waals surface area contributed by atoms with Gasteiger partial charge < -0.3 is 10.6 Å². The van der Waals surface area contributed by atoms with E-state index in [0.717, 1.165) is 29.7 Å². The predicted octanol–water partition coefficient (Wildman–Crippen LogP) is 4.62.